The van der Waals surface area contributed by atoms with Crippen molar-refractivity contribution in [2.24, 2.45) is 5.92 Å². The van der Waals surface area contributed by atoms with E-state index in [0.29, 0.717) is 5.92 Å². The van der Waals surface area contributed by atoms with Gasteiger partial charge in [-0.2, -0.15) is 0 Å². The van der Waals surface area contributed by atoms with Crippen LogP contribution in [0.3, 0.4) is 0 Å². The van der Waals surface area contributed by atoms with E-state index in [1.54, 1.807) is 0 Å². The van der Waals surface area contributed by atoms with Gasteiger partial charge in [0.15, 0.2) is 0 Å². The van der Waals surface area contributed by atoms with E-state index in [-0.39, 0.29) is 6.10 Å². The zero-order valence-corrected chi connectivity index (χ0v) is 15.1. The fourth-order valence-corrected chi connectivity index (χ4v) is 3.35. The van der Waals surface area contributed by atoms with Gasteiger partial charge in [-0.25, -0.2) is 4.68 Å². The first-order valence-corrected chi connectivity index (χ1v) is 9.35. The Hall–Kier alpha value is -2.12. The summed E-state index contributed by atoms with van der Waals surface area (Å²) in [6, 6.07) is 6.39. The van der Waals surface area contributed by atoms with Crippen LogP contribution in [0.15, 0.2) is 18.2 Å². The minimum absolute atomic E-state index is 0.267. The SMILES string of the molecule is Cc1cc(C#CC2CC2)ccc1-c1nnn(CC2CCCCO2)c1C. The van der Waals surface area contributed by atoms with Crippen molar-refractivity contribution in [1.29, 1.82) is 0 Å². The quantitative estimate of drug-likeness (QED) is 0.799. The van der Waals surface area contributed by atoms with Crippen LogP contribution in [0, 0.1) is 31.6 Å². The van der Waals surface area contributed by atoms with Crippen molar-refractivity contribution in [3.05, 3.63) is 35.0 Å². The van der Waals surface area contributed by atoms with Gasteiger partial charge in [0.05, 0.1) is 18.3 Å². The molecule has 1 aromatic heterocycles. The van der Waals surface area contributed by atoms with Crippen molar-refractivity contribution in [2.75, 3.05) is 6.61 Å². The molecule has 4 rings (SSSR count). The van der Waals surface area contributed by atoms with Crippen molar-refractivity contribution in [1.82, 2.24) is 15.0 Å². The molecule has 0 radical (unpaired) electrons. The lowest BCUT2D eigenvalue weighted by Crippen LogP contribution is -2.25. The Bertz CT molecular complexity index is 817. The summed E-state index contributed by atoms with van der Waals surface area (Å²) in [5, 5.41) is 8.82. The normalized spacial score (nSPS) is 20.2. The van der Waals surface area contributed by atoms with E-state index in [1.165, 1.54) is 31.2 Å². The topological polar surface area (TPSA) is 39.9 Å². The van der Waals surface area contributed by atoms with Crippen LogP contribution in [0.2, 0.25) is 0 Å². The molecule has 0 spiro atoms. The molecule has 1 saturated heterocycles. The van der Waals surface area contributed by atoms with E-state index in [2.05, 4.69) is 54.2 Å². The molecule has 1 aromatic carbocycles. The molecule has 2 heterocycles. The van der Waals surface area contributed by atoms with Gasteiger partial charge in [-0.05, 0) is 63.6 Å². The predicted molar refractivity (Wildman–Crippen MR) is 98.1 cm³/mol. The Morgan fingerprint density at radius 1 is 1.20 bits per heavy atom. The number of aryl methyl sites for hydroxylation is 1. The molecule has 2 fully saturated rings. The molecule has 1 atom stereocenters. The molecule has 0 N–H and O–H groups in total. The second-order valence-corrected chi connectivity index (χ2v) is 7.27. The second-order valence-electron chi connectivity index (χ2n) is 7.27. The second kappa shape index (κ2) is 7.01. The maximum atomic E-state index is 5.84. The van der Waals surface area contributed by atoms with Crippen LogP contribution in [-0.2, 0) is 11.3 Å². The highest BCUT2D eigenvalue weighted by Gasteiger charge is 2.19. The van der Waals surface area contributed by atoms with Gasteiger partial charge in [-0.1, -0.05) is 23.1 Å². The molecule has 2 aliphatic rings. The van der Waals surface area contributed by atoms with Crippen molar-refractivity contribution >= 4 is 0 Å². The lowest BCUT2D eigenvalue weighted by Gasteiger charge is -2.22. The van der Waals surface area contributed by atoms with E-state index in [1.807, 2.05) is 4.68 Å². The molecule has 2 aromatic rings. The maximum Gasteiger partial charge on any atom is 0.116 e. The smallest absolute Gasteiger partial charge is 0.116 e. The van der Waals surface area contributed by atoms with Gasteiger partial charge < -0.3 is 4.74 Å². The molecule has 25 heavy (non-hydrogen) atoms. The Morgan fingerprint density at radius 2 is 2.08 bits per heavy atom. The summed E-state index contributed by atoms with van der Waals surface area (Å²) >= 11 is 0. The number of rotatable bonds is 3. The summed E-state index contributed by atoms with van der Waals surface area (Å²) in [5.41, 5.74) is 5.51. The lowest BCUT2D eigenvalue weighted by atomic mass is 10.0. The number of nitrogens with zero attached hydrogens (tertiary/aromatic N) is 3. The minimum Gasteiger partial charge on any atom is -0.376 e. The third-order valence-corrected chi connectivity index (χ3v) is 5.11. The first-order chi connectivity index (χ1) is 12.2. The van der Waals surface area contributed by atoms with Crippen LogP contribution >= 0.6 is 0 Å². The zero-order chi connectivity index (χ0) is 17.2. The number of hydrogen-bond acceptors (Lipinski definition) is 3. The van der Waals surface area contributed by atoms with Gasteiger partial charge in [0.25, 0.3) is 0 Å². The minimum atomic E-state index is 0.267. The number of hydrogen-bond donors (Lipinski definition) is 0. The van der Waals surface area contributed by atoms with Gasteiger partial charge >= 0.3 is 0 Å². The van der Waals surface area contributed by atoms with Crippen molar-refractivity contribution in [2.45, 2.75) is 58.6 Å². The van der Waals surface area contributed by atoms with E-state index in [4.69, 9.17) is 4.74 Å². The van der Waals surface area contributed by atoms with Crippen molar-refractivity contribution in [3.8, 4) is 23.1 Å². The molecule has 1 saturated carbocycles. The number of ether oxygens (including phenoxy) is 1. The van der Waals surface area contributed by atoms with Crippen LogP contribution in [0.1, 0.15) is 48.9 Å². The first kappa shape index (κ1) is 16.4. The molecule has 0 bridgehead atoms. The molecule has 0 amide bonds. The fraction of sp³-hybridized carbons (Fsp3) is 0.524. The molecular weight excluding hydrogens is 310 g/mol. The van der Waals surface area contributed by atoms with Gasteiger partial charge in [0.2, 0.25) is 0 Å². The summed E-state index contributed by atoms with van der Waals surface area (Å²) in [6.07, 6.45) is 6.32. The molecule has 1 aliphatic carbocycles. The Balaban J connectivity index is 1.54. The monoisotopic (exact) mass is 335 g/mol. The van der Waals surface area contributed by atoms with E-state index >= 15 is 0 Å². The maximum absolute atomic E-state index is 5.84. The van der Waals surface area contributed by atoms with Gasteiger partial charge in [0, 0.05) is 23.7 Å². The van der Waals surface area contributed by atoms with Crippen molar-refractivity contribution < 1.29 is 4.74 Å². The molecule has 4 heteroatoms. The Morgan fingerprint density at radius 3 is 2.80 bits per heavy atom. The van der Waals surface area contributed by atoms with Gasteiger partial charge in [0.1, 0.15) is 5.69 Å². The largest absolute Gasteiger partial charge is 0.376 e. The highest BCUT2D eigenvalue weighted by Crippen LogP contribution is 2.28. The summed E-state index contributed by atoms with van der Waals surface area (Å²) < 4.78 is 7.83. The Labute approximate surface area is 149 Å². The highest BCUT2D eigenvalue weighted by atomic mass is 16.5. The van der Waals surface area contributed by atoms with Crippen LogP contribution < -0.4 is 0 Å². The first-order valence-electron chi connectivity index (χ1n) is 9.35. The molecular formula is C21H25N3O. The molecule has 1 aliphatic heterocycles. The zero-order valence-electron chi connectivity index (χ0n) is 15.1. The average molecular weight is 335 g/mol. The average Bonchev–Trinajstić information content (AvgIpc) is 3.39. The molecule has 1 unspecified atom stereocenters. The number of aromatic nitrogens is 3. The number of benzene rings is 1. The van der Waals surface area contributed by atoms with E-state index < -0.39 is 0 Å². The molecule has 4 nitrogen and oxygen atoms in total. The predicted octanol–water partition coefficient (Wildman–Crippen LogP) is 3.89. The van der Waals surface area contributed by atoms with Gasteiger partial charge in [-0.3, -0.25) is 0 Å². The van der Waals surface area contributed by atoms with Crippen LogP contribution in [0.5, 0.6) is 0 Å². The van der Waals surface area contributed by atoms with Gasteiger partial charge in [-0.15, -0.1) is 5.10 Å². The summed E-state index contributed by atoms with van der Waals surface area (Å²) in [7, 11) is 0. The van der Waals surface area contributed by atoms with Crippen LogP contribution in [0.4, 0.5) is 0 Å². The lowest BCUT2D eigenvalue weighted by molar-refractivity contribution is 0.00337. The van der Waals surface area contributed by atoms with E-state index in [9.17, 15) is 0 Å². The van der Waals surface area contributed by atoms with E-state index in [0.717, 1.165) is 42.1 Å². The van der Waals surface area contributed by atoms with Crippen molar-refractivity contribution in [3.63, 3.8) is 0 Å². The highest BCUT2D eigenvalue weighted by molar-refractivity contribution is 5.66. The standard InChI is InChI=1S/C21H25N3O/c1-15-13-18(9-8-17-6-7-17)10-11-20(15)21-16(2)24(23-22-21)14-19-5-3-4-12-25-19/h10-11,13,17,19H,3-7,12,14H2,1-2H3. The fourth-order valence-electron chi connectivity index (χ4n) is 3.35. The third kappa shape index (κ3) is 3.77. The Kier molecular flexibility index (Phi) is 4.59. The summed E-state index contributed by atoms with van der Waals surface area (Å²) in [5.74, 6) is 7.25. The molecule has 130 valence electrons. The van der Waals surface area contributed by atoms with Crippen LogP contribution in [-0.4, -0.2) is 27.7 Å². The third-order valence-electron chi connectivity index (χ3n) is 5.11. The summed E-state index contributed by atoms with van der Waals surface area (Å²) in [4.78, 5) is 0. The van der Waals surface area contributed by atoms with Crippen LogP contribution in [0.25, 0.3) is 11.3 Å². The summed E-state index contributed by atoms with van der Waals surface area (Å²) in [6.45, 7) is 5.88.